The van der Waals surface area contributed by atoms with Crippen LogP contribution in [0.4, 0.5) is 5.82 Å². The molecule has 21 heavy (non-hydrogen) atoms. The second-order valence-corrected chi connectivity index (χ2v) is 5.05. The Kier molecular flexibility index (Phi) is 3.39. The summed E-state index contributed by atoms with van der Waals surface area (Å²) in [6, 6.07) is 9.31. The maximum atomic E-state index is 5.91. The zero-order chi connectivity index (χ0) is 14.8. The summed E-state index contributed by atoms with van der Waals surface area (Å²) in [5.41, 5.74) is 6.68. The third-order valence-electron chi connectivity index (χ3n) is 2.96. The maximum Gasteiger partial charge on any atom is 0.170 e. The van der Waals surface area contributed by atoms with E-state index in [1.54, 1.807) is 18.3 Å². The average molecular weight is 283 g/mol. The molecular formula is C16H17N3O2. The summed E-state index contributed by atoms with van der Waals surface area (Å²) in [7, 11) is 0. The molecule has 1 aromatic carbocycles. The molecule has 0 spiro atoms. The second kappa shape index (κ2) is 5.36. The Labute approximate surface area is 122 Å². The fraction of sp³-hybridized carbons (Fsp3) is 0.188. The van der Waals surface area contributed by atoms with E-state index in [-0.39, 0.29) is 6.10 Å². The van der Waals surface area contributed by atoms with Gasteiger partial charge in [-0.2, -0.15) is 0 Å². The molecule has 0 aliphatic rings. The van der Waals surface area contributed by atoms with Gasteiger partial charge in [-0.1, -0.05) is 0 Å². The van der Waals surface area contributed by atoms with Crippen molar-refractivity contribution in [2.45, 2.75) is 20.0 Å². The highest BCUT2D eigenvalue weighted by Gasteiger charge is 2.11. The second-order valence-electron chi connectivity index (χ2n) is 5.05. The van der Waals surface area contributed by atoms with E-state index < -0.39 is 0 Å². The number of ether oxygens (including phenoxy) is 2. The molecule has 2 aromatic heterocycles. The largest absolute Gasteiger partial charge is 0.487 e. The summed E-state index contributed by atoms with van der Waals surface area (Å²) in [5, 5.41) is 1.06. The minimum absolute atomic E-state index is 0.0577. The minimum Gasteiger partial charge on any atom is -0.487 e. The molecule has 3 N–H and O–H groups in total. The molecule has 0 unspecified atom stereocenters. The van der Waals surface area contributed by atoms with Crippen LogP contribution in [0.15, 0.2) is 42.7 Å². The number of fused-ring (bicyclic) bond motifs is 1. The van der Waals surface area contributed by atoms with Crippen LogP contribution in [0, 0.1) is 0 Å². The Hall–Kier alpha value is -2.69. The number of nitrogens with one attached hydrogen (secondary N) is 1. The number of pyridine rings is 1. The topological polar surface area (TPSA) is 73.2 Å². The lowest BCUT2D eigenvalue weighted by Gasteiger charge is -2.15. The van der Waals surface area contributed by atoms with Gasteiger partial charge < -0.3 is 20.2 Å². The highest BCUT2D eigenvalue weighted by atomic mass is 16.5. The fourth-order valence-corrected chi connectivity index (χ4v) is 2.10. The summed E-state index contributed by atoms with van der Waals surface area (Å²) in [4.78, 5) is 7.12. The third-order valence-corrected chi connectivity index (χ3v) is 2.96. The molecule has 0 amide bonds. The van der Waals surface area contributed by atoms with E-state index in [1.165, 1.54) is 0 Å². The van der Waals surface area contributed by atoms with Gasteiger partial charge in [0.25, 0.3) is 0 Å². The highest BCUT2D eigenvalue weighted by molar-refractivity contribution is 5.83. The first kappa shape index (κ1) is 13.3. The number of nitrogen functional groups attached to an aromatic ring is 1. The summed E-state index contributed by atoms with van der Waals surface area (Å²) in [6.07, 6.45) is 3.56. The molecule has 5 heteroatoms. The first-order valence-corrected chi connectivity index (χ1v) is 6.79. The van der Waals surface area contributed by atoms with E-state index in [0.717, 1.165) is 10.9 Å². The molecule has 0 saturated carbocycles. The monoisotopic (exact) mass is 283 g/mol. The molecule has 5 nitrogen and oxygen atoms in total. The Morgan fingerprint density at radius 3 is 2.76 bits per heavy atom. The number of nitrogens with zero attached hydrogens (tertiary/aromatic N) is 1. The van der Waals surface area contributed by atoms with Crippen molar-refractivity contribution in [3.8, 4) is 17.2 Å². The van der Waals surface area contributed by atoms with E-state index >= 15 is 0 Å². The van der Waals surface area contributed by atoms with Crippen LogP contribution in [0.1, 0.15) is 13.8 Å². The van der Waals surface area contributed by atoms with E-state index in [0.29, 0.717) is 23.1 Å². The standard InChI is InChI=1S/C16H17N3O2/c1-10(2)20-15-9-13-11(3-5-18-13)7-14(15)21-12-4-6-19-16(17)8-12/h3-10,18H,1-2H3,(H2,17,19). The SMILES string of the molecule is CC(C)Oc1cc2[nH]ccc2cc1Oc1ccnc(N)c1. The predicted octanol–water partition coefficient (Wildman–Crippen LogP) is 3.72. The Bertz CT molecular complexity index is 765. The van der Waals surface area contributed by atoms with Crippen LogP contribution >= 0.6 is 0 Å². The van der Waals surface area contributed by atoms with Crippen LogP contribution in [0.25, 0.3) is 10.9 Å². The van der Waals surface area contributed by atoms with Crippen LogP contribution < -0.4 is 15.2 Å². The van der Waals surface area contributed by atoms with Gasteiger partial charge >= 0.3 is 0 Å². The van der Waals surface area contributed by atoms with Gasteiger partial charge in [-0.3, -0.25) is 0 Å². The quantitative estimate of drug-likeness (QED) is 0.765. The van der Waals surface area contributed by atoms with Gasteiger partial charge in [-0.15, -0.1) is 0 Å². The van der Waals surface area contributed by atoms with Gasteiger partial charge in [0.15, 0.2) is 11.5 Å². The first-order valence-electron chi connectivity index (χ1n) is 6.79. The zero-order valence-electron chi connectivity index (χ0n) is 12.0. The van der Waals surface area contributed by atoms with Crippen molar-refractivity contribution in [3.63, 3.8) is 0 Å². The molecule has 0 bridgehead atoms. The van der Waals surface area contributed by atoms with Gasteiger partial charge in [-0.25, -0.2) is 4.98 Å². The number of rotatable bonds is 4. The molecule has 3 rings (SSSR count). The normalized spacial score (nSPS) is 11.0. The Balaban J connectivity index is 2.02. The van der Waals surface area contributed by atoms with Crippen LogP contribution in [-0.4, -0.2) is 16.1 Å². The number of H-pyrrole nitrogens is 1. The first-order chi connectivity index (χ1) is 10.1. The van der Waals surface area contributed by atoms with E-state index in [2.05, 4.69) is 9.97 Å². The van der Waals surface area contributed by atoms with E-state index in [1.807, 2.05) is 38.2 Å². The number of anilines is 1. The molecule has 108 valence electrons. The summed E-state index contributed by atoms with van der Waals surface area (Å²) < 4.78 is 11.7. The summed E-state index contributed by atoms with van der Waals surface area (Å²) in [6.45, 7) is 3.96. The number of aromatic nitrogens is 2. The molecule has 0 fully saturated rings. The summed E-state index contributed by atoms with van der Waals surface area (Å²) >= 11 is 0. The molecule has 0 radical (unpaired) electrons. The van der Waals surface area contributed by atoms with Gasteiger partial charge in [-0.05, 0) is 32.0 Å². The van der Waals surface area contributed by atoms with Crippen molar-refractivity contribution in [2.24, 2.45) is 0 Å². The van der Waals surface area contributed by atoms with Crippen molar-refractivity contribution in [1.82, 2.24) is 9.97 Å². The number of benzene rings is 1. The zero-order valence-corrected chi connectivity index (χ0v) is 12.0. The van der Waals surface area contributed by atoms with Crippen molar-refractivity contribution in [1.29, 1.82) is 0 Å². The van der Waals surface area contributed by atoms with Gasteiger partial charge in [0.2, 0.25) is 0 Å². The molecule has 0 saturated heterocycles. The maximum absolute atomic E-state index is 5.91. The molecule has 0 aliphatic heterocycles. The predicted molar refractivity (Wildman–Crippen MR) is 82.8 cm³/mol. The fourth-order valence-electron chi connectivity index (χ4n) is 2.10. The Morgan fingerprint density at radius 1 is 1.14 bits per heavy atom. The molecular weight excluding hydrogens is 266 g/mol. The lowest BCUT2D eigenvalue weighted by molar-refractivity contribution is 0.234. The molecule has 2 heterocycles. The van der Waals surface area contributed by atoms with Crippen molar-refractivity contribution in [3.05, 3.63) is 42.7 Å². The summed E-state index contributed by atoms with van der Waals surface area (Å²) in [5.74, 6) is 2.39. The number of hydrogen-bond acceptors (Lipinski definition) is 4. The van der Waals surface area contributed by atoms with Crippen molar-refractivity contribution < 1.29 is 9.47 Å². The molecule has 3 aromatic rings. The van der Waals surface area contributed by atoms with Crippen molar-refractivity contribution >= 4 is 16.7 Å². The molecule has 0 aliphatic carbocycles. The van der Waals surface area contributed by atoms with Crippen LogP contribution in [-0.2, 0) is 0 Å². The lowest BCUT2D eigenvalue weighted by atomic mass is 10.2. The average Bonchev–Trinajstić information content (AvgIpc) is 2.85. The van der Waals surface area contributed by atoms with Crippen LogP contribution in [0.5, 0.6) is 17.2 Å². The lowest BCUT2D eigenvalue weighted by Crippen LogP contribution is -2.06. The van der Waals surface area contributed by atoms with Crippen molar-refractivity contribution in [2.75, 3.05) is 5.73 Å². The molecule has 0 atom stereocenters. The van der Waals surface area contributed by atoms with E-state index in [4.69, 9.17) is 15.2 Å². The highest BCUT2D eigenvalue weighted by Crippen LogP contribution is 2.36. The van der Waals surface area contributed by atoms with E-state index in [9.17, 15) is 0 Å². The smallest absolute Gasteiger partial charge is 0.170 e. The third kappa shape index (κ3) is 2.91. The van der Waals surface area contributed by atoms with Crippen LogP contribution in [0.2, 0.25) is 0 Å². The number of nitrogens with two attached hydrogens (primary N) is 1. The van der Waals surface area contributed by atoms with Crippen LogP contribution in [0.3, 0.4) is 0 Å². The minimum atomic E-state index is 0.0577. The Morgan fingerprint density at radius 2 is 2.00 bits per heavy atom. The van der Waals surface area contributed by atoms with Gasteiger partial charge in [0.05, 0.1) is 6.10 Å². The number of aromatic amines is 1. The van der Waals surface area contributed by atoms with Gasteiger partial charge in [0.1, 0.15) is 11.6 Å². The number of hydrogen-bond donors (Lipinski definition) is 2. The van der Waals surface area contributed by atoms with Gasteiger partial charge in [0, 0.05) is 35.4 Å².